The molecule has 1 aliphatic carbocycles. The van der Waals surface area contributed by atoms with Gasteiger partial charge in [-0.25, -0.2) is 13.1 Å². The van der Waals surface area contributed by atoms with E-state index in [0.29, 0.717) is 16.8 Å². The number of thiophene rings is 1. The minimum atomic E-state index is -3.35. The molecule has 1 aromatic heterocycles. The summed E-state index contributed by atoms with van der Waals surface area (Å²) in [5.41, 5.74) is 0. The van der Waals surface area contributed by atoms with Gasteiger partial charge in [-0.1, -0.05) is 6.92 Å². The average molecular weight is 317 g/mol. The van der Waals surface area contributed by atoms with E-state index in [4.69, 9.17) is 0 Å². The van der Waals surface area contributed by atoms with Crippen molar-refractivity contribution in [1.29, 1.82) is 0 Å². The van der Waals surface area contributed by atoms with Gasteiger partial charge in [0.05, 0.1) is 0 Å². The molecule has 1 heterocycles. The van der Waals surface area contributed by atoms with Gasteiger partial charge in [0.25, 0.3) is 0 Å². The van der Waals surface area contributed by atoms with Crippen LogP contribution in [-0.2, 0) is 16.6 Å². The topological polar surface area (TPSA) is 61.4 Å². The van der Waals surface area contributed by atoms with Gasteiger partial charge in [0.2, 0.25) is 10.0 Å². The smallest absolute Gasteiger partial charge is 0.250 e. The Morgan fingerprint density at radius 2 is 2.15 bits per heavy atom. The highest BCUT2D eigenvalue weighted by Crippen LogP contribution is 2.24. The lowest BCUT2D eigenvalue weighted by Crippen LogP contribution is -2.32. The average Bonchev–Trinajstić information content (AvgIpc) is 3.12. The van der Waals surface area contributed by atoms with Gasteiger partial charge in [0.15, 0.2) is 0 Å². The summed E-state index contributed by atoms with van der Waals surface area (Å²) in [6.07, 6.45) is 2.48. The van der Waals surface area contributed by atoms with Gasteiger partial charge in [-0.3, -0.25) is 0 Å². The van der Waals surface area contributed by atoms with E-state index in [9.17, 15) is 8.42 Å². The summed E-state index contributed by atoms with van der Waals surface area (Å²) in [5, 5.41) is 3.39. The Hall–Kier alpha value is -0.470. The fourth-order valence-corrected chi connectivity index (χ4v) is 4.10. The predicted molar refractivity (Wildman–Crippen MR) is 82.5 cm³/mol. The number of nitrogens with zero attached hydrogens (tertiary/aromatic N) is 1. The summed E-state index contributed by atoms with van der Waals surface area (Å²) in [4.78, 5) is 3.14. The second-order valence-electron chi connectivity index (χ2n) is 5.17. The molecule has 0 atom stereocenters. The molecule has 0 bridgehead atoms. The predicted octanol–water partition coefficient (Wildman–Crippen LogP) is 1.23. The molecule has 5 nitrogen and oxygen atoms in total. The molecule has 2 N–H and O–H groups in total. The van der Waals surface area contributed by atoms with Gasteiger partial charge in [-0.15, -0.1) is 11.3 Å². The van der Waals surface area contributed by atoms with Crippen molar-refractivity contribution >= 4 is 21.4 Å². The van der Waals surface area contributed by atoms with Crippen molar-refractivity contribution in [1.82, 2.24) is 14.9 Å². The highest BCUT2D eigenvalue weighted by atomic mass is 32.2. The molecular weight excluding hydrogens is 294 g/mol. The zero-order chi connectivity index (χ0) is 14.6. The zero-order valence-electron chi connectivity index (χ0n) is 12.1. The molecule has 0 radical (unpaired) electrons. The van der Waals surface area contributed by atoms with Gasteiger partial charge in [-0.05, 0) is 38.6 Å². The Labute approximate surface area is 125 Å². The summed E-state index contributed by atoms with van der Waals surface area (Å²) in [6, 6.07) is 4.23. The second-order valence-corrected chi connectivity index (χ2v) is 8.33. The van der Waals surface area contributed by atoms with Crippen molar-refractivity contribution in [2.75, 3.05) is 26.7 Å². The van der Waals surface area contributed by atoms with E-state index in [-0.39, 0.29) is 0 Å². The van der Waals surface area contributed by atoms with Crippen molar-refractivity contribution in [2.45, 2.75) is 36.6 Å². The number of hydrogen-bond acceptors (Lipinski definition) is 5. The standard InChI is InChI=1S/C13H23N3O2S2/c1-3-16(2)9-8-15-20(17,18)13-7-6-12(19-13)10-14-11-4-5-11/h6-7,11,14-15H,3-5,8-10H2,1-2H3. The maximum Gasteiger partial charge on any atom is 0.250 e. The SMILES string of the molecule is CCN(C)CCNS(=O)(=O)c1ccc(CNC2CC2)s1. The minimum absolute atomic E-state index is 0.407. The Morgan fingerprint density at radius 3 is 2.80 bits per heavy atom. The van der Waals surface area contributed by atoms with E-state index in [0.717, 1.165) is 24.5 Å². The number of nitrogens with one attached hydrogen (secondary N) is 2. The maximum atomic E-state index is 12.1. The van der Waals surface area contributed by atoms with Gasteiger partial charge in [-0.2, -0.15) is 0 Å². The molecule has 114 valence electrons. The van der Waals surface area contributed by atoms with E-state index in [1.807, 2.05) is 20.0 Å². The van der Waals surface area contributed by atoms with Gasteiger partial charge in [0.1, 0.15) is 4.21 Å². The summed E-state index contributed by atoms with van der Waals surface area (Å²) in [5.74, 6) is 0. The van der Waals surface area contributed by atoms with Gasteiger partial charge in [0, 0.05) is 30.6 Å². The molecule has 1 fully saturated rings. The van der Waals surface area contributed by atoms with Crippen LogP contribution >= 0.6 is 11.3 Å². The lowest BCUT2D eigenvalue weighted by atomic mass is 10.4. The number of hydrogen-bond donors (Lipinski definition) is 2. The van der Waals surface area contributed by atoms with Crippen molar-refractivity contribution < 1.29 is 8.42 Å². The van der Waals surface area contributed by atoms with Crippen LogP contribution in [0, 0.1) is 0 Å². The Balaban J connectivity index is 1.84. The van der Waals surface area contributed by atoms with Crippen LogP contribution in [0.25, 0.3) is 0 Å². The van der Waals surface area contributed by atoms with Crippen LogP contribution in [0.1, 0.15) is 24.6 Å². The molecule has 1 aromatic rings. The molecule has 20 heavy (non-hydrogen) atoms. The third-order valence-corrected chi connectivity index (χ3v) is 6.41. The quantitative estimate of drug-likeness (QED) is 0.719. The van der Waals surface area contributed by atoms with Crippen molar-refractivity contribution in [3.8, 4) is 0 Å². The molecule has 7 heteroatoms. The van der Waals surface area contributed by atoms with Crippen LogP contribution < -0.4 is 10.0 Å². The van der Waals surface area contributed by atoms with Crippen molar-refractivity contribution in [3.63, 3.8) is 0 Å². The van der Waals surface area contributed by atoms with E-state index < -0.39 is 10.0 Å². The first-order chi connectivity index (χ1) is 9.51. The lowest BCUT2D eigenvalue weighted by Gasteiger charge is -2.13. The molecule has 0 spiro atoms. The molecule has 0 unspecified atom stereocenters. The van der Waals surface area contributed by atoms with E-state index in [2.05, 4.69) is 14.9 Å². The van der Waals surface area contributed by atoms with Crippen LogP contribution in [0.4, 0.5) is 0 Å². The van der Waals surface area contributed by atoms with Crippen LogP contribution in [0.15, 0.2) is 16.3 Å². The van der Waals surface area contributed by atoms with Crippen molar-refractivity contribution in [3.05, 3.63) is 17.0 Å². The van der Waals surface area contributed by atoms with Crippen LogP contribution in [0.3, 0.4) is 0 Å². The zero-order valence-corrected chi connectivity index (χ0v) is 13.7. The molecule has 0 amide bonds. The first kappa shape index (κ1) is 15.9. The van der Waals surface area contributed by atoms with Crippen LogP contribution in [0.2, 0.25) is 0 Å². The molecule has 0 aromatic carbocycles. The monoisotopic (exact) mass is 317 g/mol. The Morgan fingerprint density at radius 1 is 1.40 bits per heavy atom. The first-order valence-corrected chi connectivity index (χ1v) is 9.31. The third-order valence-electron chi connectivity index (χ3n) is 3.37. The first-order valence-electron chi connectivity index (χ1n) is 7.01. The van der Waals surface area contributed by atoms with E-state index >= 15 is 0 Å². The maximum absolute atomic E-state index is 12.1. The van der Waals surface area contributed by atoms with E-state index in [1.54, 1.807) is 6.07 Å². The molecule has 1 saturated carbocycles. The Bertz CT molecular complexity index is 523. The molecular formula is C13H23N3O2S2. The van der Waals surface area contributed by atoms with Gasteiger partial charge >= 0.3 is 0 Å². The summed E-state index contributed by atoms with van der Waals surface area (Å²) < 4.78 is 27.3. The van der Waals surface area contributed by atoms with Crippen LogP contribution in [0.5, 0.6) is 0 Å². The van der Waals surface area contributed by atoms with Crippen molar-refractivity contribution in [2.24, 2.45) is 0 Å². The molecule has 1 aliphatic rings. The highest BCUT2D eigenvalue weighted by Gasteiger charge is 2.21. The highest BCUT2D eigenvalue weighted by molar-refractivity contribution is 7.91. The minimum Gasteiger partial charge on any atom is -0.309 e. The van der Waals surface area contributed by atoms with Gasteiger partial charge < -0.3 is 10.2 Å². The number of rotatable bonds is 9. The molecule has 0 aliphatic heterocycles. The molecule has 2 rings (SSSR count). The largest absolute Gasteiger partial charge is 0.309 e. The summed E-state index contributed by atoms with van der Waals surface area (Å²) >= 11 is 1.35. The Kier molecular flexibility index (Phi) is 5.57. The normalized spacial score (nSPS) is 15.9. The lowest BCUT2D eigenvalue weighted by molar-refractivity contribution is 0.358. The number of sulfonamides is 1. The van der Waals surface area contributed by atoms with Crippen LogP contribution in [-0.4, -0.2) is 46.0 Å². The second kappa shape index (κ2) is 7.00. The summed E-state index contributed by atoms with van der Waals surface area (Å²) in [6.45, 7) is 4.89. The number of likely N-dealkylation sites (N-methyl/N-ethyl adjacent to an activating group) is 1. The molecule has 0 saturated heterocycles. The summed E-state index contributed by atoms with van der Waals surface area (Å²) in [7, 11) is -1.38. The third kappa shape index (κ3) is 4.82. The fourth-order valence-electron chi connectivity index (χ4n) is 1.73. The van der Waals surface area contributed by atoms with E-state index in [1.165, 1.54) is 24.2 Å². The fraction of sp³-hybridized carbons (Fsp3) is 0.692.